The van der Waals surface area contributed by atoms with Crippen LogP contribution in [0.15, 0.2) is 34.1 Å². The standard InChI is InChI=1S/C13H14BrN3OS/c14-12-4-2-1-3-11(12)13-8-17(5-6-18-13)7-10-9-19-16-15-10/h1-4,9,13H,5-8H2/t13-/m1/s1. The molecule has 4 nitrogen and oxygen atoms in total. The molecule has 1 fully saturated rings. The summed E-state index contributed by atoms with van der Waals surface area (Å²) in [5.41, 5.74) is 2.25. The molecule has 1 aliphatic rings. The first-order valence-electron chi connectivity index (χ1n) is 6.17. The molecule has 19 heavy (non-hydrogen) atoms. The molecule has 0 N–H and O–H groups in total. The molecule has 0 amide bonds. The number of halogens is 1. The maximum absolute atomic E-state index is 5.89. The Bertz CT molecular complexity index is 534. The molecule has 1 aromatic heterocycles. The Labute approximate surface area is 124 Å². The van der Waals surface area contributed by atoms with E-state index in [0.717, 1.165) is 36.4 Å². The van der Waals surface area contributed by atoms with E-state index in [1.165, 1.54) is 17.1 Å². The predicted octanol–water partition coefficient (Wildman–Crippen LogP) is 2.87. The average Bonchev–Trinajstić information content (AvgIpc) is 2.92. The monoisotopic (exact) mass is 339 g/mol. The van der Waals surface area contributed by atoms with Gasteiger partial charge in [0.15, 0.2) is 0 Å². The van der Waals surface area contributed by atoms with E-state index in [9.17, 15) is 0 Å². The normalized spacial score (nSPS) is 20.6. The van der Waals surface area contributed by atoms with Gasteiger partial charge in [0.25, 0.3) is 0 Å². The van der Waals surface area contributed by atoms with Crippen LogP contribution < -0.4 is 0 Å². The van der Waals surface area contributed by atoms with E-state index in [0.29, 0.717) is 0 Å². The minimum absolute atomic E-state index is 0.121. The summed E-state index contributed by atoms with van der Waals surface area (Å²) >= 11 is 4.99. The van der Waals surface area contributed by atoms with Gasteiger partial charge in [-0.15, -0.1) is 5.10 Å². The molecule has 100 valence electrons. The second kappa shape index (κ2) is 6.09. The van der Waals surface area contributed by atoms with Crippen molar-refractivity contribution in [1.29, 1.82) is 0 Å². The number of aromatic nitrogens is 2. The van der Waals surface area contributed by atoms with Crippen LogP contribution in [0.1, 0.15) is 17.4 Å². The van der Waals surface area contributed by atoms with Crippen LogP contribution >= 0.6 is 27.5 Å². The minimum Gasteiger partial charge on any atom is -0.371 e. The van der Waals surface area contributed by atoms with Gasteiger partial charge in [0.1, 0.15) is 0 Å². The van der Waals surface area contributed by atoms with E-state index in [4.69, 9.17) is 4.74 Å². The van der Waals surface area contributed by atoms with Gasteiger partial charge in [-0.05, 0) is 23.2 Å². The van der Waals surface area contributed by atoms with Crippen LogP contribution in [0.5, 0.6) is 0 Å². The van der Waals surface area contributed by atoms with Crippen molar-refractivity contribution in [2.24, 2.45) is 0 Å². The smallest absolute Gasteiger partial charge is 0.0963 e. The van der Waals surface area contributed by atoms with E-state index in [1.807, 2.05) is 17.5 Å². The second-order valence-corrected chi connectivity index (χ2v) is 5.98. The average molecular weight is 340 g/mol. The molecule has 1 aliphatic heterocycles. The van der Waals surface area contributed by atoms with Crippen molar-refractivity contribution in [3.63, 3.8) is 0 Å². The summed E-state index contributed by atoms with van der Waals surface area (Å²) in [6.07, 6.45) is 0.121. The third kappa shape index (κ3) is 3.20. The van der Waals surface area contributed by atoms with Crippen LogP contribution in [-0.4, -0.2) is 34.2 Å². The third-order valence-electron chi connectivity index (χ3n) is 3.19. The molecule has 1 atom stereocenters. The van der Waals surface area contributed by atoms with Crippen molar-refractivity contribution in [3.05, 3.63) is 45.4 Å². The second-order valence-electron chi connectivity index (χ2n) is 4.51. The number of morpholine rings is 1. The van der Waals surface area contributed by atoms with Gasteiger partial charge >= 0.3 is 0 Å². The summed E-state index contributed by atoms with van der Waals surface area (Å²) < 4.78 is 10.9. The van der Waals surface area contributed by atoms with Crippen molar-refractivity contribution in [3.8, 4) is 0 Å². The van der Waals surface area contributed by atoms with E-state index in [2.05, 4.69) is 42.5 Å². The molecule has 0 radical (unpaired) electrons. The van der Waals surface area contributed by atoms with Gasteiger partial charge in [-0.3, -0.25) is 4.90 Å². The van der Waals surface area contributed by atoms with Crippen molar-refractivity contribution in [2.75, 3.05) is 19.7 Å². The SMILES string of the molecule is Brc1ccccc1[C@H]1CN(Cc2csnn2)CCO1. The summed E-state index contributed by atoms with van der Waals surface area (Å²) in [4.78, 5) is 2.37. The summed E-state index contributed by atoms with van der Waals surface area (Å²) in [7, 11) is 0. The van der Waals surface area contributed by atoms with Crippen LogP contribution in [0.25, 0.3) is 0 Å². The fraction of sp³-hybridized carbons (Fsp3) is 0.385. The lowest BCUT2D eigenvalue weighted by molar-refractivity contribution is -0.0336. The zero-order valence-corrected chi connectivity index (χ0v) is 12.7. The Kier molecular flexibility index (Phi) is 4.22. The van der Waals surface area contributed by atoms with E-state index >= 15 is 0 Å². The van der Waals surface area contributed by atoms with Gasteiger partial charge in [-0.1, -0.05) is 38.6 Å². The maximum atomic E-state index is 5.89. The summed E-state index contributed by atoms with van der Waals surface area (Å²) in [5, 5.41) is 6.11. The Morgan fingerprint density at radius 3 is 3.11 bits per heavy atom. The van der Waals surface area contributed by atoms with Crippen LogP contribution in [0.3, 0.4) is 0 Å². The quantitative estimate of drug-likeness (QED) is 0.861. The molecule has 1 aromatic carbocycles. The number of rotatable bonds is 3. The number of benzene rings is 1. The van der Waals surface area contributed by atoms with Crippen molar-refractivity contribution in [1.82, 2.24) is 14.5 Å². The fourth-order valence-corrected chi connectivity index (χ4v) is 3.24. The Morgan fingerprint density at radius 1 is 1.42 bits per heavy atom. The van der Waals surface area contributed by atoms with Crippen LogP contribution in [0.2, 0.25) is 0 Å². The molecule has 3 rings (SSSR count). The van der Waals surface area contributed by atoms with Gasteiger partial charge in [-0.25, -0.2) is 0 Å². The van der Waals surface area contributed by atoms with E-state index in [-0.39, 0.29) is 6.10 Å². The Hall–Kier alpha value is -0.820. The first-order valence-corrected chi connectivity index (χ1v) is 7.80. The van der Waals surface area contributed by atoms with Crippen LogP contribution in [-0.2, 0) is 11.3 Å². The molecule has 0 saturated carbocycles. The topological polar surface area (TPSA) is 38.2 Å². The molecule has 2 aromatic rings. The zero-order valence-electron chi connectivity index (χ0n) is 10.3. The lowest BCUT2D eigenvalue weighted by atomic mass is 10.1. The highest BCUT2D eigenvalue weighted by atomic mass is 79.9. The van der Waals surface area contributed by atoms with Gasteiger partial charge in [0.05, 0.1) is 18.4 Å². The maximum Gasteiger partial charge on any atom is 0.0963 e. The summed E-state index contributed by atoms with van der Waals surface area (Å²) in [5.74, 6) is 0. The lowest BCUT2D eigenvalue weighted by Gasteiger charge is -2.33. The molecule has 0 bridgehead atoms. The lowest BCUT2D eigenvalue weighted by Crippen LogP contribution is -2.38. The van der Waals surface area contributed by atoms with Crippen molar-refractivity contribution >= 4 is 27.5 Å². The molecule has 0 spiro atoms. The third-order valence-corrected chi connectivity index (χ3v) is 4.47. The summed E-state index contributed by atoms with van der Waals surface area (Å²) in [6, 6.07) is 8.24. The number of hydrogen-bond acceptors (Lipinski definition) is 5. The number of ether oxygens (including phenoxy) is 1. The summed E-state index contributed by atoms with van der Waals surface area (Å²) in [6.45, 7) is 3.43. The predicted molar refractivity (Wildman–Crippen MR) is 78.0 cm³/mol. The Morgan fingerprint density at radius 2 is 2.32 bits per heavy atom. The fourth-order valence-electron chi connectivity index (χ4n) is 2.25. The zero-order chi connectivity index (χ0) is 13.1. The highest BCUT2D eigenvalue weighted by Gasteiger charge is 2.23. The van der Waals surface area contributed by atoms with Crippen LogP contribution in [0.4, 0.5) is 0 Å². The molecular formula is C13H14BrN3OS. The Balaban J connectivity index is 1.70. The minimum atomic E-state index is 0.121. The van der Waals surface area contributed by atoms with E-state index in [1.54, 1.807) is 0 Å². The number of hydrogen-bond donors (Lipinski definition) is 0. The van der Waals surface area contributed by atoms with Gasteiger partial charge in [-0.2, -0.15) is 0 Å². The van der Waals surface area contributed by atoms with Gasteiger partial charge in [0.2, 0.25) is 0 Å². The first kappa shape index (κ1) is 13.2. The first-order chi connectivity index (χ1) is 9.33. The van der Waals surface area contributed by atoms with Crippen molar-refractivity contribution < 1.29 is 4.74 Å². The number of nitrogens with zero attached hydrogens (tertiary/aromatic N) is 3. The highest BCUT2D eigenvalue weighted by Crippen LogP contribution is 2.28. The molecule has 0 unspecified atom stereocenters. The molecule has 2 heterocycles. The van der Waals surface area contributed by atoms with Crippen LogP contribution in [0, 0.1) is 0 Å². The van der Waals surface area contributed by atoms with Gasteiger partial charge < -0.3 is 4.74 Å². The molecule has 1 saturated heterocycles. The molecule has 6 heteroatoms. The van der Waals surface area contributed by atoms with E-state index < -0.39 is 0 Å². The molecule has 0 aliphatic carbocycles. The largest absolute Gasteiger partial charge is 0.371 e. The molecular weight excluding hydrogens is 326 g/mol. The van der Waals surface area contributed by atoms with Crippen molar-refractivity contribution in [2.45, 2.75) is 12.6 Å². The van der Waals surface area contributed by atoms with Gasteiger partial charge in [0, 0.05) is 29.5 Å². The highest BCUT2D eigenvalue weighted by molar-refractivity contribution is 9.10.